The number of aliphatic hydroxyl groups is 1. The number of carbonyl (C=O) groups is 1. The molecule has 2 aliphatic rings. The molecule has 0 spiro atoms. The summed E-state index contributed by atoms with van der Waals surface area (Å²) in [6.07, 6.45) is 2.06. The lowest BCUT2D eigenvalue weighted by Gasteiger charge is -2.55. The van der Waals surface area contributed by atoms with Crippen LogP contribution in [-0.4, -0.2) is 42.7 Å². The molecule has 1 aromatic rings. The van der Waals surface area contributed by atoms with Gasteiger partial charge in [-0.2, -0.15) is 0 Å². The molecular formula is C16H21NO5. The maximum atomic E-state index is 12.6. The summed E-state index contributed by atoms with van der Waals surface area (Å²) >= 11 is 0. The number of fused-ring (bicyclic) bond motifs is 1. The lowest BCUT2D eigenvalue weighted by atomic mass is 9.48. The second-order valence-electron chi connectivity index (χ2n) is 7.10. The van der Waals surface area contributed by atoms with Crippen molar-refractivity contribution < 1.29 is 19.1 Å². The normalized spacial score (nSPS) is 28.9. The lowest BCUT2D eigenvalue weighted by molar-refractivity contribution is -0.0977. The minimum Gasteiger partial charge on any atom is -0.490 e. The number of rotatable bonds is 3. The fraction of sp³-hybridized carbons (Fsp3) is 0.625. The first-order valence-electron chi connectivity index (χ1n) is 7.40. The van der Waals surface area contributed by atoms with E-state index in [9.17, 15) is 14.7 Å². The number of aliphatic hydroxyl groups excluding tert-OH is 1. The first-order chi connectivity index (χ1) is 10.3. The van der Waals surface area contributed by atoms with E-state index in [1.807, 2.05) is 0 Å². The van der Waals surface area contributed by atoms with E-state index in [1.54, 1.807) is 4.90 Å². The summed E-state index contributed by atoms with van der Waals surface area (Å²) in [5.41, 5.74) is -0.457. The summed E-state index contributed by atoms with van der Waals surface area (Å²) in [5.74, 6) is 0.0562. The number of amides is 1. The molecule has 3 rings (SSSR count). The van der Waals surface area contributed by atoms with Gasteiger partial charge in [0.25, 0.3) is 5.91 Å². The molecule has 1 saturated heterocycles. The number of nitrogens with zero attached hydrogens (tertiary/aromatic N) is 1. The maximum absolute atomic E-state index is 12.6. The van der Waals surface area contributed by atoms with E-state index >= 15 is 0 Å². The van der Waals surface area contributed by atoms with Crippen molar-refractivity contribution in [2.24, 2.45) is 16.7 Å². The molecular weight excluding hydrogens is 286 g/mol. The third-order valence-corrected chi connectivity index (χ3v) is 5.23. The van der Waals surface area contributed by atoms with E-state index in [1.165, 1.54) is 7.11 Å². The van der Waals surface area contributed by atoms with E-state index in [2.05, 4.69) is 13.8 Å². The zero-order valence-electron chi connectivity index (χ0n) is 13.1. The predicted molar refractivity (Wildman–Crippen MR) is 78.8 cm³/mol. The minimum atomic E-state index is -0.378. The first-order valence-corrected chi connectivity index (χ1v) is 7.40. The highest BCUT2D eigenvalue weighted by Crippen LogP contribution is 2.62. The summed E-state index contributed by atoms with van der Waals surface area (Å²) in [7, 11) is 1.37. The molecule has 0 bridgehead atoms. The second kappa shape index (κ2) is 4.84. The zero-order chi connectivity index (χ0) is 16.1. The first kappa shape index (κ1) is 15.1. The molecule has 1 amide bonds. The Balaban J connectivity index is 1.83. The van der Waals surface area contributed by atoms with E-state index in [0.717, 1.165) is 18.8 Å². The molecule has 1 aromatic heterocycles. The van der Waals surface area contributed by atoms with Gasteiger partial charge in [0.15, 0.2) is 5.76 Å². The van der Waals surface area contributed by atoms with Gasteiger partial charge < -0.3 is 19.2 Å². The smallest absolute Gasteiger partial charge is 0.289 e. The van der Waals surface area contributed by atoms with E-state index < -0.39 is 0 Å². The highest BCUT2D eigenvalue weighted by atomic mass is 16.5. The third-order valence-electron chi connectivity index (χ3n) is 5.23. The molecule has 2 heterocycles. The SMILES string of the molecule is COc1coc(C(=O)N2C[C@@H]3C(C)(C)C[C@]3(CO)C2)cc1=O. The quantitative estimate of drug-likeness (QED) is 0.905. The molecule has 0 radical (unpaired) electrons. The standard InChI is InChI=1S/C16H21NO5/c1-15(2)7-16(9-18)8-17(5-13(15)16)14(20)11-4-10(19)12(21-3)6-22-11/h4,6,13,18H,5,7-9H2,1-3H3/t13-,16-/m1/s1. The van der Waals surface area contributed by atoms with Crippen LogP contribution in [0.5, 0.6) is 5.75 Å². The molecule has 1 saturated carbocycles. The van der Waals surface area contributed by atoms with Crippen LogP contribution in [0.4, 0.5) is 0 Å². The van der Waals surface area contributed by atoms with E-state index in [0.29, 0.717) is 13.1 Å². The van der Waals surface area contributed by atoms with Gasteiger partial charge in [0, 0.05) is 24.6 Å². The van der Waals surface area contributed by atoms with Gasteiger partial charge in [-0.15, -0.1) is 0 Å². The van der Waals surface area contributed by atoms with Gasteiger partial charge in [0.05, 0.1) is 13.7 Å². The number of methoxy groups -OCH3 is 1. The monoisotopic (exact) mass is 307 g/mol. The van der Waals surface area contributed by atoms with Gasteiger partial charge in [0.1, 0.15) is 6.26 Å². The Kier molecular flexibility index (Phi) is 3.32. The van der Waals surface area contributed by atoms with Gasteiger partial charge in [-0.3, -0.25) is 9.59 Å². The number of hydrogen-bond donors (Lipinski definition) is 1. The van der Waals surface area contributed by atoms with Crippen molar-refractivity contribution in [2.75, 3.05) is 26.8 Å². The van der Waals surface area contributed by atoms with Crippen LogP contribution in [0.15, 0.2) is 21.5 Å². The average Bonchev–Trinajstić information content (AvgIpc) is 2.81. The number of hydrogen-bond acceptors (Lipinski definition) is 5. The van der Waals surface area contributed by atoms with Crippen LogP contribution in [0.25, 0.3) is 0 Å². The average molecular weight is 307 g/mol. The van der Waals surface area contributed by atoms with Crippen LogP contribution in [0.2, 0.25) is 0 Å². The summed E-state index contributed by atoms with van der Waals surface area (Å²) in [5, 5.41) is 9.73. The van der Waals surface area contributed by atoms with Gasteiger partial charge >= 0.3 is 0 Å². The Morgan fingerprint density at radius 1 is 1.55 bits per heavy atom. The molecule has 0 aromatic carbocycles. The van der Waals surface area contributed by atoms with Crippen molar-refractivity contribution in [1.29, 1.82) is 0 Å². The molecule has 2 fully saturated rings. The van der Waals surface area contributed by atoms with Crippen molar-refractivity contribution in [2.45, 2.75) is 20.3 Å². The summed E-state index contributed by atoms with van der Waals surface area (Å²) in [6.45, 7) is 5.49. The van der Waals surface area contributed by atoms with Crippen molar-refractivity contribution >= 4 is 5.91 Å². The van der Waals surface area contributed by atoms with E-state index in [4.69, 9.17) is 9.15 Å². The van der Waals surface area contributed by atoms with Gasteiger partial charge in [-0.05, 0) is 17.8 Å². The van der Waals surface area contributed by atoms with Gasteiger partial charge in [-0.25, -0.2) is 0 Å². The van der Waals surface area contributed by atoms with Crippen LogP contribution < -0.4 is 10.2 Å². The zero-order valence-corrected chi connectivity index (χ0v) is 13.1. The Morgan fingerprint density at radius 3 is 2.77 bits per heavy atom. The summed E-state index contributed by atoms with van der Waals surface area (Å²) in [4.78, 5) is 26.0. The highest BCUT2D eigenvalue weighted by molar-refractivity contribution is 5.91. The molecule has 6 nitrogen and oxygen atoms in total. The van der Waals surface area contributed by atoms with E-state index in [-0.39, 0.29) is 46.2 Å². The summed E-state index contributed by atoms with van der Waals surface area (Å²) in [6, 6.07) is 1.16. The topological polar surface area (TPSA) is 80.0 Å². The Hall–Kier alpha value is -1.82. The Morgan fingerprint density at radius 2 is 2.27 bits per heavy atom. The third kappa shape index (κ3) is 2.05. The molecule has 1 N–H and O–H groups in total. The predicted octanol–water partition coefficient (Wildman–Crippen LogP) is 1.13. The van der Waals surface area contributed by atoms with Crippen LogP contribution in [0, 0.1) is 16.7 Å². The van der Waals surface area contributed by atoms with Crippen molar-refractivity contribution in [1.82, 2.24) is 4.90 Å². The van der Waals surface area contributed by atoms with Gasteiger partial charge in [0.2, 0.25) is 11.2 Å². The van der Waals surface area contributed by atoms with Crippen molar-refractivity contribution in [3.8, 4) is 5.75 Å². The molecule has 22 heavy (non-hydrogen) atoms. The molecule has 1 aliphatic carbocycles. The van der Waals surface area contributed by atoms with Crippen molar-refractivity contribution in [3.05, 3.63) is 28.3 Å². The second-order valence-corrected chi connectivity index (χ2v) is 7.10. The molecule has 6 heteroatoms. The number of likely N-dealkylation sites (tertiary alicyclic amines) is 1. The number of carbonyl (C=O) groups excluding carboxylic acids is 1. The Labute approximate surface area is 128 Å². The van der Waals surface area contributed by atoms with Gasteiger partial charge in [-0.1, -0.05) is 13.8 Å². The Bertz CT molecular complexity index is 665. The fourth-order valence-corrected chi connectivity index (χ4v) is 4.31. The summed E-state index contributed by atoms with van der Waals surface area (Å²) < 4.78 is 10.1. The van der Waals surface area contributed by atoms with Crippen LogP contribution in [0.3, 0.4) is 0 Å². The molecule has 1 aliphatic heterocycles. The van der Waals surface area contributed by atoms with Crippen LogP contribution >= 0.6 is 0 Å². The number of ether oxygens (including phenoxy) is 1. The lowest BCUT2D eigenvalue weighted by Crippen LogP contribution is -2.54. The molecule has 120 valence electrons. The molecule has 2 atom stereocenters. The van der Waals surface area contributed by atoms with Crippen LogP contribution in [0.1, 0.15) is 30.8 Å². The largest absolute Gasteiger partial charge is 0.490 e. The fourth-order valence-electron chi connectivity index (χ4n) is 4.31. The molecule has 0 unspecified atom stereocenters. The van der Waals surface area contributed by atoms with Crippen LogP contribution in [-0.2, 0) is 0 Å². The maximum Gasteiger partial charge on any atom is 0.289 e. The minimum absolute atomic E-state index is 0.0120. The van der Waals surface area contributed by atoms with Crippen molar-refractivity contribution in [3.63, 3.8) is 0 Å². The highest BCUT2D eigenvalue weighted by Gasteiger charge is 2.63.